The number of rotatable bonds is 4. The van der Waals surface area contributed by atoms with Crippen LogP contribution in [-0.4, -0.2) is 41.5 Å². The minimum Gasteiger partial charge on any atom is -0.497 e. The zero-order chi connectivity index (χ0) is 15.5. The Labute approximate surface area is 132 Å². The van der Waals surface area contributed by atoms with E-state index in [0.29, 0.717) is 6.54 Å². The Morgan fingerprint density at radius 1 is 1.36 bits per heavy atom. The molecule has 3 rings (SSSR count). The Bertz CT molecular complexity index is 656. The highest BCUT2D eigenvalue weighted by Crippen LogP contribution is 2.31. The topological polar surface area (TPSA) is 75.6 Å². The zero-order valence-corrected chi connectivity index (χ0v) is 13.0. The molecule has 116 valence electrons. The molecule has 1 aliphatic heterocycles. The normalized spacial score (nSPS) is 18.2. The highest BCUT2D eigenvalue weighted by molar-refractivity contribution is 7.18. The molecular weight excluding hydrogens is 302 g/mol. The van der Waals surface area contributed by atoms with Gasteiger partial charge < -0.3 is 14.7 Å². The number of nitrogens with zero attached hydrogens (tertiary/aromatic N) is 3. The van der Waals surface area contributed by atoms with Crippen molar-refractivity contribution in [1.82, 2.24) is 10.2 Å². The second-order valence-electron chi connectivity index (χ2n) is 5.24. The fraction of sp³-hybridized carbons (Fsp3) is 0.400. The summed E-state index contributed by atoms with van der Waals surface area (Å²) in [7, 11) is 1.63. The van der Waals surface area contributed by atoms with Crippen molar-refractivity contribution in [2.75, 3.05) is 25.1 Å². The number of ether oxygens (including phenoxy) is 1. The number of anilines is 1. The summed E-state index contributed by atoms with van der Waals surface area (Å²) < 4.78 is 5.14. The summed E-state index contributed by atoms with van der Waals surface area (Å²) in [5.41, 5.74) is 0.983. The molecule has 0 amide bonds. The number of carboxylic acids is 1. The van der Waals surface area contributed by atoms with E-state index >= 15 is 0 Å². The van der Waals surface area contributed by atoms with E-state index in [1.807, 2.05) is 29.2 Å². The lowest BCUT2D eigenvalue weighted by Crippen LogP contribution is -2.38. The number of hydrogen-bond acceptors (Lipinski definition) is 6. The molecule has 1 N–H and O–H groups in total. The number of hydrogen-bond donors (Lipinski definition) is 1. The Morgan fingerprint density at radius 2 is 2.14 bits per heavy atom. The van der Waals surface area contributed by atoms with Crippen LogP contribution in [0.3, 0.4) is 0 Å². The summed E-state index contributed by atoms with van der Waals surface area (Å²) in [6, 6.07) is 7.66. The number of methoxy groups -OCH3 is 1. The van der Waals surface area contributed by atoms with Crippen LogP contribution in [0.15, 0.2) is 24.3 Å². The lowest BCUT2D eigenvalue weighted by molar-refractivity contribution is -0.141. The third kappa shape index (κ3) is 3.04. The molecule has 6 nitrogen and oxygen atoms in total. The molecule has 0 radical (unpaired) electrons. The van der Waals surface area contributed by atoms with Crippen molar-refractivity contribution in [3.63, 3.8) is 0 Å². The molecule has 1 aromatic carbocycles. The Balaban J connectivity index is 1.76. The molecule has 0 saturated carbocycles. The van der Waals surface area contributed by atoms with E-state index < -0.39 is 5.97 Å². The summed E-state index contributed by atoms with van der Waals surface area (Å²) in [6.07, 6.45) is 1.60. The van der Waals surface area contributed by atoms with E-state index in [-0.39, 0.29) is 5.92 Å². The van der Waals surface area contributed by atoms with Crippen molar-refractivity contribution < 1.29 is 14.6 Å². The third-order valence-corrected chi connectivity index (χ3v) is 4.83. The van der Waals surface area contributed by atoms with Crippen molar-refractivity contribution >= 4 is 22.4 Å². The van der Waals surface area contributed by atoms with Crippen molar-refractivity contribution in [1.29, 1.82) is 0 Å². The Morgan fingerprint density at radius 3 is 2.82 bits per heavy atom. The summed E-state index contributed by atoms with van der Waals surface area (Å²) in [5, 5.41) is 19.2. The molecule has 1 aliphatic rings. The summed E-state index contributed by atoms with van der Waals surface area (Å²) in [4.78, 5) is 13.2. The first kappa shape index (κ1) is 14.8. The van der Waals surface area contributed by atoms with Gasteiger partial charge in [-0.05, 0) is 37.1 Å². The van der Waals surface area contributed by atoms with Crippen LogP contribution in [0.4, 0.5) is 5.13 Å². The van der Waals surface area contributed by atoms with Crippen LogP contribution in [0, 0.1) is 5.92 Å². The van der Waals surface area contributed by atoms with Crippen LogP contribution in [0.5, 0.6) is 5.75 Å². The second-order valence-corrected chi connectivity index (χ2v) is 6.20. The van der Waals surface area contributed by atoms with Crippen LogP contribution in [0.2, 0.25) is 0 Å². The van der Waals surface area contributed by atoms with Crippen LogP contribution >= 0.6 is 11.3 Å². The predicted molar refractivity (Wildman–Crippen MR) is 84.5 cm³/mol. The first-order chi connectivity index (χ1) is 10.7. The molecule has 1 atom stereocenters. The lowest BCUT2D eigenvalue weighted by atomic mass is 9.99. The van der Waals surface area contributed by atoms with Gasteiger partial charge in [0.05, 0.1) is 13.0 Å². The van der Waals surface area contributed by atoms with Gasteiger partial charge in [-0.15, -0.1) is 10.2 Å². The average molecular weight is 319 g/mol. The summed E-state index contributed by atoms with van der Waals surface area (Å²) in [5.74, 6) is -0.250. The maximum Gasteiger partial charge on any atom is 0.308 e. The first-order valence-corrected chi connectivity index (χ1v) is 7.94. The van der Waals surface area contributed by atoms with E-state index in [1.54, 1.807) is 7.11 Å². The maximum atomic E-state index is 11.1. The highest BCUT2D eigenvalue weighted by atomic mass is 32.1. The molecule has 7 heteroatoms. The fourth-order valence-electron chi connectivity index (χ4n) is 2.55. The van der Waals surface area contributed by atoms with Gasteiger partial charge in [-0.3, -0.25) is 4.79 Å². The van der Waals surface area contributed by atoms with Gasteiger partial charge >= 0.3 is 5.97 Å². The van der Waals surface area contributed by atoms with Crippen molar-refractivity contribution in [3.05, 3.63) is 24.3 Å². The number of carbonyl (C=O) groups is 1. The molecule has 1 fully saturated rings. The summed E-state index contributed by atoms with van der Waals surface area (Å²) >= 11 is 1.49. The minimum atomic E-state index is -0.732. The monoisotopic (exact) mass is 319 g/mol. The highest BCUT2D eigenvalue weighted by Gasteiger charge is 2.27. The SMILES string of the molecule is COc1ccc(-c2nnc(N3CCCC(C(=O)O)C3)s2)cc1. The van der Waals surface area contributed by atoms with E-state index in [2.05, 4.69) is 10.2 Å². The maximum absolute atomic E-state index is 11.1. The lowest BCUT2D eigenvalue weighted by Gasteiger charge is -2.29. The van der Waals surface area contributed by atoms with Crippen molar-refractivity contribution in [3.8, 4) is 16.3 Å². The number of benzene rings is 1. The van der Waals surface area contributed by atoms with Crippen LogP contribution in [0.25, 0.3) is 10.6 Å². The zero-order valence-electron chi connectivity index (χ0n) is 12.2. The van der Waals surface area contributed by atoms with Gasteiger partial charge in [0.15, 0.2) is 0 Å². The molecular formula is C15H17N3O3S. The average Bonchev–Trinajstić information content (AvgIpc) is 3.05. The van der Waals surface area contributed by atoms with Gasteiger partial charge in [-0.2, -0.15) is 0 Å². The van der Waals surface area contributed by atoms with Crippen molar-refractivity contribution in [2.45, 2.75) is 12.8 Å². The smallest absolute Gasteiger partial charge is 0.308 e. The fourth-order valence-corrected chi connectivity index (χ4v) is 3.43. The van der Waals surface area contributed by atoms with E-state index in [1.165, 1.54) is 11.3 Å². The molecule has 0 spiro atoms. The molecule has 2 heterocycles. The van der Waals surface area contributed by atoms with Gasteiger partial charge in [0.2, 0.25) is 5.13 Å². The summed E-state index contributed by atoms with van der Waals surface area (Å²) in [6.45, 7) is 1.34. The van der Waals surface area contributed by atoms with Gasteiger partial charge in [-0.1, -0.05) is 11.3 Å². The Kier molecular flexibility index (Phi) is 4.24. The van der Waals surface area contributed by atoms with Gasteiger partial charge in [0, 0.05) is 18.7 Å². The predicted octanol–water partition coefficient (Wildman–Crippen LogP) is 2.51. The molecule has 0 aliphatic carbocycles. The van der Waals surface area contributed by atoms with Gasteiger partial charge in [0.1, 0.15) is 10.8 Å². The van der Waals surface area contributed by atoms with Gasteiger partial charge in [0.25, 0.3) is 0 Å². The third-order valence-electron chi connectivity index (χ3n) is 3.79. The number of piperidine rings is 1. The molecule has 2 aromatic rings. The number of aromatic nitrogens is 2. The molecule has 1 saturated heterocycles. The first-order valence-electron chi connectivity index (χ1n) is 7.13. The van der Waals surface area contributed by atoms with E-state index in [9.17, 15) is 4.79 Å². The van der Waals surface area contributed by atoms with Crippen LogP contribution in [-0.2, 0) is 4.79 Å². The number of aliphatic carboxylic acids is 1. The van der Waals surface area contributed by atoms with Gasteiger partial charge in [-0.25, -0.2) is 0 Å². The minimum absolute atomic E-state index is 0.318. The molecule has 0 bridgehead atoms. The van der Waals surface area contributed by atoms with E-state index in [0.717, 1.165) is 40.8 Å². The Hall–Kier alpha value is -2.15. The standard InChI is InChI=1S/C15H17N3O3S/c1-21-12-6-4-10(5-7-12)13-16-17-15(22-13)18-8-2-3-11(9-18)14(19)20/h4-7,11H,2-3,8-9H2,1H3,(H,19,20). The molecule has 1 unspecified atom stereocenters. The van der Waals surface area contributed by atoms with Crippen LogP contribution < -0.4 is 9.64 Å². The van der Waals surface area contributed by atoms with E-state index in [4.69, 9.17) is 9.84 Å². The second kappa shape index (κ2) is 6.31. The molecule has 1 aromatic heterocycles. The molecule has 22 heavy (non-hydrogen) atoms. The van der Waals surface area contributed by atoms with Crippen molar-refractivity contribution in [2.24, 2.45) is 5.92 Å². The largest absolute Gasteiger partial charge is 0.497 e. The number of carboxylic acid groups (broad SMARTS) is 1. The van der Waals surface area contributed by atoms with Crippen LogP contribution in [0.1, 0.15) is 12.8 Å². The quantitative estimate of drug-likeness (QED) is 0.933.